The number of rotatable bonds is 5. The number of benzene rings is 2. The van der Waals surface area contributed by atoms with Gasteiger partial charge in [0.1, 0.15) is 11.6 Å². The van der Waals surface area contributed by atoms with Crippen molar-refractivity contribution in [3.05, 3.63) is 64.4 Å². The second-order valence-electron chi connectivity index (χ2n) is 4.53. The maximum Gasteiger partial charge on any atom is 0.129 e. The Hall–Kier alpha value is -1.58. The van der Waals surface area contributed by atoms with Crippen molar-refractivity contribution in [3.8, 4) is 5.75 Å². The summed E-state index contributed by atoms with van der Waals surface area (Å²) in [7, 11) is 3.43. The fraction of sp³-hybridized carbons (Fsp3) is 0.250. The molecular formula is C16H17ClFNO. The van der Waals surface area contributed by atoms with Gasteiger partial charge in [-0.05, 0) is 43.3 Å². The fourth-order valence-corrected chi connectivity index (χ4v) is 2.48. The lowest BCUT2D eigenvalue weighted by Crippen LogP contribution is -2.20. The van der Waals surface area contributed by atoms with Gasteiger partial charge in [-0.3, -0.25) is 0 Å². The van der Waals surface area contributed by atoms with Crippen molar-refractivity contribution < 1.29 is 9.13 Å². The van der Waals surface area contributed by atoms with Crippen molar-refractivity contribution in [1.29, 1.82) is 0 Å². The Morgan fingerprint density at radius 1 is 1.20 bits per heavy atom. The Kier molecular flexibility index (Phi) is 4.99. The summed E-state index contributed by atoms with van der Waals surface area (Å²) >= 11 is 6.12. The van der Waals surface area contributed by atoms with Crippen LogP contribution in [-0.2, 0) is 6.42 Å². The SMILES string of the molecule is CNC(Cc1ccc(OC)cc1)c1c(F)cccc1Cl. The standard InChI is InChI=1S/C16H17ClFNO/c1-19-15(16-13(17)4-3-5-14(16)18)10-11-6-8-12(20-2)9-7-11/h3-9,15,19H,10H2,1-2H3. The van der Waals surface area contributed by atoms with Crippen molar-refractivity contribution in [2.75, 3.05) is 14.2 Å². The zero-order chi connectivity index (χ0) is 14.5. The quantitative estimate of drug-likeness (QED) is 0.900. The van der Waals surface area contributed by atoms with E-state index in [1.807, 2.05) is 24.3 Å². The number of ether oxygens (including phenoxy) is 1. The second-order valence-corrected chi connectivity index (χ2v) is 4.94. The molecule has 0 fully saturated rings. The lowest BCUT2D eigenvalue weighted by atomic mass is 9.98. The first-order chi connectivity index (χ1) is 9.65. The molecule has 2 rings (SSSR count). The van der Waals surface area contributed by atoms with Crippen LogP contribution in [-0.4, -0.2) is 14.2 Å². The second kappa shape index (κ2) is 6.73. The van der Waals surface area contributed by atoms with Gasteiger partial charge in [-0.15, -0.1) is 0 Å². The molecular weight excluding hydrogens is 277 g/mol. The predicted octanol–water partition coefficient (Wildman–Crippen LogP) is 3.99. The third kappa shape index (κ3) is 3.30. The molecule has 0 saturated heterocycles. The Morgan fingerprint density at radius 2 is 1.90 bits per heavy atom. The highest BCUT2D eigenvalue weighted by Crippen LogP contribution is 2.28. The van der Waals surface area contributed by atoms with Crippen molar-refractivity contribution in [1.82, 2.24) is 5.32 Å². The van der Waals surface area contributed by atoms with Crippen LogP contribution in [0.4, 0.5) is 4.39 Å². The van der Waals surface area contributed by atoms with E-state index in [4.69, 9.17) is 16.3 Å². The molecule has 0 heterocycles. The van der Waals surface area contributed by atoms with Crippen LogP contribution >= 0.6 is 11.6 Å². The summed E-state index contributed by atoms with van der Waals surface area (Å²) in [5, 5.41) is 3.56. The summed E-state index contributed by atoms with van der Waals surface area (Å²) in [4.78, 5) is 0. The molecule has 1 atom stereocenters. The lowest BCUT2D eigenvalue weighted by Gasteiger charge is -2.19. The zero-order valence-electron chi connectivity index (χ0n) is 11.5. The van der Waals surface area contributed by atoms with E-state index < -0.39 is 0 Å². The number of methoxy groups -OCH3 is 1. The molecule has 0 aromatic heterocycles. The summed E-state index contributed by atoms with van der Waals surface area (Å²) in [5.41, 5.74) is 1.59. The van der Waals surface area contributed by atoms with Crippen LogP contribution in [0.25, 0.3) is 0 Å². The van der Waals surface area contributed by atoms with Crippen molar-refractivity contribution in [2.45, 2.75) is 12.5 Å². The van der Waals surface area contributed by atoms with Gasteiger partial charge >= 0.3 is 0 Å². The third-order valence-corrected chi connectivity index (χ3v) is 3.63. The first-order valence-corrected chi connectivity index (χ1v) is 6.77. The van der Waals surface area contributed by atoms with Gasteiger partial charge < -0.3 is 10.1 Å². The number of likely N-dealkylation sites (N-methyl/N-ethyl adjacent to an activating group) is 1. The monoisotopic (exact) mass is 293 g/mol. The topological polar surface area (TPSA) is 21.3 Å². The molecule has 2 nitrogen and oxygen atoms in total. The van der Waals surface area contributed by atoms with Crippen molar-refractivity contribution >= 4 is 11.6 Å². The average Bonchev–Trinajstić information content (AvgIpc) is 2.46. The van der Waals surface area contributed by atoms with Gasteiger partial charge in [0.2, 0.25) is 0 Å². The number of halogens is 2. The average molecular weight is 294 g/mol. The summed E-state index contributed by atoms with van der Waals surface area (Å²) in [6, 6.07) is 12.3. The number of hydrogen-bond acceptors (Lipinski definition) is 2. The maximum absolute atomic E-state index is 14.0. The van der Waals surface area contributed by atoms with Crippen LogP contribution in [0.15, 0.2) is 42.5 Å². The Balaban J connectivity index is 2.24. The molecule has 0 aliphatic heterocycles. The minimum absolute atomic E-state index is 0.169. The summed E-state index contributed by atoms with van der Waals surface area (Å²) in [5.74, 6) is 0.518. The molecule has 0 saturated carbocycles. The molecule has 0 spiro atoms. The van der Waals surface area contributed by atoms with E-state index in [1.165, 1.54) is 6.07 Å². The molecule has 20 heavy (non-hydrogen) atoms. The molecule has 0 aliphatic carbocycles. The van der Waals surface area contributed by atoms with Gasteiger partial charge in [0.25, 0.3) is 0 Å². The molecule has 1 unspecified atom stereocenters. The molecule has 4 heteroatoms. The van der Waals surface area contributed by atoms with E-state index in [9.17, 15) is 4.39 Å². The molecule has 1 N–H and O–H groups in total. The predicted molar refractivity (Wildman–Crippen MR) is 79.9 cm³/mol. The lowest BCUT2D eigenvalue weighted by molar-refractivity contribution is 0.414. The highest BCUT2D eigenvalue weighted by molar-refractivity contribution is 6.31. The fourth-order valence-electron chi connectivity index (χ4n) is 2.19. The molecule has 0 aliphatic rings. The van der Waals surface area contributed by atoms with E-state index in [0.717, 1.165) is 11.3 Å². The Labute approximate surface area is 123 Å². The summed E-state index contributed by atoms with van der Waals surface area (Å²) < 4.78 is 19.1. The van der Waals surface area contributed by atoms with Crippen LogP contribution in [0.1, 0.15) is 17.2 Å². The van der Waals surface area contributed by atoms with Crippen molar-refractivity contribution in [3.63, 3.8) is 0 Å². The molecule has 106 valence electrons. The third-order valence-electron chi connectivity index (χ3n) is 3.30. The van der Waals surface area contributed by atoms with E-state index >= 15 is 0 Å². The van der Waals surface area contributed by atoms with Gasteiger partial charge in [0, 0.05) is 16.6 Å². The summed E-state index contributed by atoms with van der Waals surface area (Å²) in [6.45, 7) is 0. The zero-order valence-corrected chi connectivity index (χ0v) is 12.2. The van der Waals surface area contributed by atoms with Gasteiger partial charge in [0.15, 0.2) is 0 Å². The maximum atomic E-state index is 14.0. The van der Waals surface area contributed by atoms with Gasteiger partial charge in [0.05, 0.1) is 7.11 Å². The summed E-state index contributed by atoms with van der Waals surface area (Å²) in [6.07, 6.45) is 0.654. The van der Waals surface area contributed by atoms with E-state index in [1.54, 1.807) is 26.3 Å². The Morgan fingerprint density at radius 3 is 2.45 bits per heavy atom. The van der Waals surface area contributed by atoms with E-state index in [0.29, 0.717) is 17.0 Å². The molecule has 0 bridgehead atoms. The smallest absolute Gasteiger partial charge is 0.129 e. The highest BCUT2D eigenvalue weighted by atomic mass is 35.5. The van der Waals surface area contributed by atoms with E-state index in [2.05, 4.69) is 5.32 Å². The first kappa shape index (κ1) is 14.8. The van der Waals surface area contributed by atoms with Crippen molar-refractivity contribution in [2.24, 2.45) is 0 Å². The minimum Gasteiger partial charge on any atom is -0.497 e. The largest absolute Gasteiger partial charge is 0.497 e. The molecule has 2 aromatic rings. The van der Waals surface area contributed by atoms with Gasteiger partial charge in [-0.2, -0.15) is 0 Å². The number of hydrogen-bond donors (Lipinski definition) is 1. The van der Waals surface area contributed by atoms with Gasteiger partial charge in [-0.25, -0.2) is 4.39 Å². The van der Waals surface area contributed by atoms with Crippen LogP contribution in [0.5, 0.6) is 5.75 Å². The highest BCUT2D eigenvalue weighted by Gasteiger charge is 2.17. The molecule has 0 amide bonds. The first-order valence-electron chi connectivity index (χ1n) is 6.39. The van der Waals surface area contributed by atoms with Crippen LogP contribution in [0, 0.1) is 5.82 Å². The van der Waals surface area contributed by atoms with Gasteiger partial charge in [-0.1, -0.05) is 29.8 Å². The van der Waals surface area contributed by atoms with E-state index in [-0.39, 0.29) is 11.9 Å². The van der Waals surface area contributed by atoms with Crippen LogP contribution in [0.2, 0.25) is 5.02 Å². The van der Waals surface area contributed by atoms with Crippen LogP contribution < -0.4 is 10.1 Å². The molecule has 0 radical (unpaired) electrons. The van der Waals surface area contributed by atoms with Crippen LogP contribution in [0.3, 0.4) is 0 Å². The minimum atomic E-state index is -0.287. The number of nitrogens with one attached hydrogen (secondary N) is 1. The molecule has 2 aromatic carbocycles. The Bertz CT molecular complexity index is 551. The normalized spacial score (nSPS) is 12.2.